The lowest BCUT2D eigenvalue weighted by molar-refractivity contribution is 0.826. The molecule has 0 N–H and O–H groups in total. The van der Waals surface area contributed by atoms with Crippen LogP contribution in [0.3, 0.4) is 0 Å². The molecule has 0 radical (unpaired) electrons. The van der Waals surface area contributed by atoms with E-state index in [-0.39, 0.29) is 0 Å². The Kier molecular flexibility index (Phi) is 7.01. The first-order valence-corrected chi connectivity index (χ1v) is 14.0. The molecule has 5 rings (SSSR count). The van der Waals surface area contributed by atoms with E-state index in [1.807, 2.05) is 40.0 Å². The van der Waals surface area contributed by atoms with Crippen molar-refractivity contribution in [2.24, 2.45) is 0 Å². The molecule has 3 heterocycles. The zero-order chi connectivity index (χ0) is 25.6. The van der Waals surface area contributed by atoms with Crippen LogP contribution >= 0.6 is 46.3 Å². The Morgan fingerprint density at radius 1 is 0.972 bits per heavy atom. The molecular formula is C27H25Cl2N5S2. The number of benzene rings is 2. The Balaban J connectivity index is 1.62. The van der Waals surface area contributed by atoms with E-state index in [4.69, 9.17) is 33.3 Å². The van der Waals surface area contributed by atoms with Gasteiger partial charge in [0.25, 0.3) is 0 Å². The van der Waals surface area contributed by atoms with E-state index in [1.165, 1.54) is 5.56 Å². The number of hydrogen-bond acceptors (Lipinski definition) is 5. The van der Waals surface area contributed by atoms with Gasteiger partial charge in [0.15, 0.2) is 0 Å². The third-order valence-electron chi connectivity index (χ3n) is 5.75. The van der Waals surface area contributed by atoms with Crippen molar-refractivity contribution < 1.29 is 0 Å². The quantitative estimate of drug-likeness (QED) is 0.197. The summed E-state index contributed by atoms with van der Waals surface area (Å²) < 4.78 is 5.11. The lowest BCUT2D eigenvalue weighted by Crippen LogP contribution is -1.99. The van der Waals surface area contributed by atoms with Gasteiger partial charge in [0.1, 0.15) is 0 Å². The van der Waals surface area contributed by atoms with Crippen molar-refractivity contribution in [3.63, 3.8) is 0 Å². The minimum atomic E-state index is 0.407. The van der Waals surface area contributed by atoms with Crippen molar-refractivity contribution in [3.05, 3.63) is 82.1 Å². The lowest BCUT2D eigenvalue weighted by atomic mass is 10.0. The van der Waals surface area contributed by atoms with Gasteiger partial charge < -0.3 is 4.57 Å². The molecule has 0 fully saturated rings. The van der Waals surface area contributed by atoms with Gasteiger partial charge in [-0.2, -0.15) is 5.10 Å². The predicted molar refractivity (Wildman–Crippen MR) is 152 cm³/mol. The molecule has 0 aliphatic rings. The summed E-state index contributed by atoms with van der Waals surface area (Å²) in [4.78, 5) is 9.24. The Hall–Kier alpha value is -2.58. The molecule has 0 saturated carbocycles. The van der Waals surface area contributed by atoms with Crippen molar-refractivity contribution in [3.8, 4) is 33.2 Å². The second kappa shape index (κ2) is 10.1. The van der Waals surface area contributed by atoms with Gasteiger partial charge in [-0.25, -0.2) is 14.6 Å². The SMILES string of the molecule is Cc1cc(-c2c(C)nn(-c3nc(-c4ccc(Cl)c(Cl)c4)c(SC(C)C)s3)c2C)cc(-n2ccnc2)c1. The summed E-state index contributed by atoms with van der Waals surface area (Å²) >= 11 is 15.9. The number of hydrogen-bond donors (Lipinski definition) is 0. The fourth-order valence-electron chi connectivity index (χ4n) is 4.22. The van der Waals surface area contributed by atoms with Gasteiger partial charge >= 0.3 is 0 Å². The Labute approximate surface area is 229 Å². The minimum Gasteiger partial charge on any atom is -0.306 e. The van der Waals surface area contributed by atoms with Crippen LogP contribution in [0.15, 0.2) is 59.3 Å². The normalized spacial score (nSPS) is 11.6. The molecule has 36 heavy (non-hydrogen) atoms. The molecule has 0 aliphatic carbocycles. The summed E-state index contributed by atoms with van der Waals surface area (Å²) in [5.74, 6) is 0. The monoisotopic (exact) mass is 553 g/mol. The smallest absolute Gasteiger partial charge is 0.212 e. The number of thiazole rings is 1. The summed E-state index contributed by atoms with van der Waals surface area (Å²) in [6.07, 6.45) is 5.56. The summed E-state index contributed by atoms with van der Waals surface area (Å²) in [7, 11) is 0. The summed E-state index contributed by atoms with van der Waals surface area (Å²) in [5.41, 5.74) is 8.33. The number of nitrogens with zero attached hydrogens (tertiary/aromatic N) is 5. The first kappa shape index (κ1) is 25.1. The van der Waals surface area contributed by atoms with Crippen LogP contribution in [0.2, 0.25) is 10.0 Å². The molecule has 0 atom stereocenters. The minimum absolute atomic E-state index is 0.407. The Morgan fingerprint density at radius 2 is 1.78 bits per heavy atom. The van der Waals surface area contributed by atoms with Gasteiger partial charge in [0.2, 0.25) is 5.13 Å². The molecule has 9 heteroatoms. The number of imidazole rings is 1. The summed E-state index contributed by atoms with van der Waals surface area (Å²) in [6, 6.07) is 12.2. The average Bonchev–Trinajstić information content (AvgIpc) is 3.55. The largest absolute Gasteiger partial charge is 0.306 e. The van der Waals surface area contributed by atoms with Crippen LogP contribution in [0.5, 0.6) is 0 Å². The van der Waals surface area contributed by atoms with Gasteiger partial charge in [-0.15, -0.1) is 11.8 Å². The van der Waals surface area contributed by atoms with Crippen molar-refractivity contribution in [1.82, 2.24) is 24.3 Å². The summed E-state index contributed by atoms with van der Waals surface area (Å²) in [5, 5.41) is 7.21. The highest BCUT2D eigenvalue weighted by Gasteiger charge is 2.22. The maximum Gasteiger partial charge on any atom is 0.212 e. The van der Waals surface area contributed by atoms with Crippen LogP contribution in [-0.4, -0.2) is 29.6 Å². The topological polar surface area (TPSA) is 48.5 Å². The molecule has 0 amide bonds. The molecule has 0 spiro atoms. The first-order chi connectivity index (χ1) is 17.2. The molecule has 3 aromatic heterocycles. The number of halogens is 2. The fraction of sp³-hybridized carbons (Fsp3) is 0.222. The van der Waals surface area contributed by atoms with Gasteiger partial charge in [-0.05, 0) is 56.2 Å². The van der Waals surface area contributed by atoms with E-state index < -0.39 is 0 Å². The van der Waals surface area contributed by atoms with Crippen LogP contribution in [0.1, 0.15) is 30.8 Å². The lowest BCUT2D eigenvalue weighted by Gasteiger charge is -2.09. The summed E-state index contributed by atoms with van der Waals surface area (Å²) in [6.45, 7) is 10.6. The number of thioether (sulfide) groups is 1. The van der Waals surface area contributed by atoms with Crippen LogP contribution in [0.25, 0.3) is 33.2 Å². The van der Waals surface area contributed by atoms with Crippen molar-refractivity contribution in [2.75, 3.05) is 0 Å². The van der Waals surface area contributed by atoms with E-state index in [0.29, 0.717) is 15.3 Å². The fourth-order valence-corrected chi connectivity index (χ4v) is 7.04. The van der Waals surface area contributed by atoms with Crippen LogP contribution in [0, 0.1) is 20.8 Å². The highest BCUT2D eigenvalue weighted by atomic mass is 35.5. The molecule has 5 aromatic rings. The zero-order valence-electron chi connectivity index (χ0n) is 20.6. The van der Waals surface area contributed by atoms with Crippen LogP contribution < -0.4 is 0 Å². The second-order valence-corrected chi connectivity index (χ2v) is 12.5. The Morgan fingerprint density at radius 3 is 2.47 bits per heavy atom. The van der Waals surface area contributed by atoms with Crippen molar-refractivity contribution in [1.29, 1.82) is 0 Å². The number of rotatable bonds is 6. The van der Waals surface area contributed by atoms with E-state index in [2.05, 4.69) is 57.8 Å². The highest BCUT2D eigenvalue weighted by molar-refractivity contribution is 8.01. The van der Waals surface area contributed by atoms with E-state index in [1.54, 1.807) is 29.3 Å². The van der Waals surface area contributed by atoms with E-state index >= 15 is 0 Å². The first-order valence-electron chi connectivity index (χ1n) is 11.5. The molecule has 184 valence electrons. The molecule has 0 unspecified atom stereocenters. The Bertz CT molecular complexity index is 1550. The molecule has 0 bridgehead atoms. The van der Waals surface area contributed by atoms with E-state index in [0.717, 1.165) is 48.8 Å². The number of aromatic nitrogens is 5. The zero-order valence-corrected chi connectivity index (χ0v) is 23.7. The van der Waals surface area contributed by atoms with Gasteiger partial charge in [0.05, 0.1) is 37.7 Å². The van der Waals surface area contributed by atoms with Gasteiger partial charge in [-0.3, -0.25) is 0 Å². The average molecular weight is 555 g/mol. The van der Waals surface area contributed by atoms with Crippen LogP contribution in [-0.2, 0) is 0 Å². The second-order valence-electron chi connectivity index (χ2n) is 8.91. The van der Waals surface area contributed by atoms with E-state index in [9.17, 15) is 0 Å². The molecular weight excluding hydrogens is 529 g/mol. The maximum atomic E-state index is 6.34. The third-order valence-corrected chi connectivity index (χ3v) is 8.73. The predicted octanol–water partition coefficient (Wildman–Crippen LogP) is 8.58. The van der Waals surface area contributed by atoms with Gasteiger partial charge in [-0.1, -0.05) is 60.5 Å². The third kappa shape index (κ3) is 4.85. The molecule has 0 saturated heterocycles. The van der Waals surface area contributed by atoms with Crippen molar-refractivity contribution in [2.45, 2.75) is 44.1 Å². The molecule has 5 nitrogen and oxygen atoms in total. The molecule has 2 aromatic carbocycles. The number of aryl methyl sites for hydroxylation is 2. The van der Waals surface area contributed by atoms with Gasteiger partial charge in [0, 0.05) is 34.5 Å². The maximum absolute atomic E-state index is 6.34. The standard InChI is InChI=1S/C27H25Cl2N5S2/c1-15(2)35-26-25(19-6-7-22(28)23(29)13-19)31-27(36-26)34-18(5)24(17(4)32-34)20-10-16(3)11-21(12-20)33-9-8-30-14-33/h6-15H,1-5H3. The van der Waals surface area contributed by atoms with Crippen molar-refractivity contribution >= 4 is 46.3 Å². The highest BCUT2D eigenvalue weighted by Crippen LogP contribution is 2.42. The van der Waals surface area contributed by atoms with Crippen LogP contribution in [0.4, 0.5) is 0 Å². The molecule has 0 aliphatic heterocycles.